The standard InChI is InChI=1S/C22H27F2N5O5/c23-20(24)21-25-15(13-34-21)10-18(31)29-8-2-1-5-16(29)14-4-3-7-27(11-14)19(32)12-28-9-6-17(30)26-22(28)33/h6,9,13-14,16,20H,1-5,7-8,10-12H2,(H,26,30,33). The molecule has 2 aromatic rings. The number of aromatic nitrogens is 3. The van der Waals surface area contributed by atoms with Gasteiger partial charge in [-0.2, -0.15) is 8.78 Å². The van der Waals surface area contributed by atoms with Crippen molar-refractivity contribution >= 4 is 11.8 Å². The van der Waals surface area contributed by atoms with Crippen LogP contribution in [0.25, 0.3) is 0 Å². The van der Waals surface area contributed by atoms with Crippen LogP contribution in [0.15, 0.2) is 32.5 Å². The maximum absolute atomic E-state index is 13.0. The molecule has 2 atom stereocenters. The smallest absolute Gasteiger partial charge is 0.328 e. The number of hydrogen-bond donors (Lipinski definition) is 1. The third kappa shape index (κ3) is 5.42. The molecule has 2 aliphatic rings. The van der Waals surface area contributed by atoms with Gasteiger partial charge in [-0.1, -0.05) is 0 Å². The Balaban J connectivity index is 1.41. The lowest BCUT2D eigenvalue weighted by Gasteiger charge is -2.44. The van der Waals surface area contributed by atoms with Gasteiger partial charge in [-0.3, -0.25) is 23.9 Å². The van der Waals surface area contributed by atoms with Gasteiger partial charge in [0.1, 0.15) is 12.8 Å². The van der Waals surface area contributed by atoms with E-state index in [1.54, 1.807) is 9.80 Å². The predicted octanol–water partition coefficient (Wildman–Crippen LogP) is 1.32. The average Bonchev–Trinajstić information content (AvgIpc) is 3.30. The van der Waals surface area contributed by atoms with Crippen molar-refractivity contribution in [3.63, 3.8) is 0 Å². The molecule has 0 bridgehead atoms. The first kappa shape index (κ1) is 23.8. The summed E-state index contributed by atoms with van der Waals surface area (Å²) in [6, 6.07) is 1.13. The number of carbonyl (C=O) groups excluding carboxylic acids is 2. The number of likely N-dealkylation sites (tertiary alicyclic amines) is 2. The lowest BCUT2D eigenvalue weighted by molar-refractivity contribution is -0.138. The highest BCUT2D eigenvalue weighted by atomic mass is 19.3. The van der Waals surface area contributed by atoms with E-state index >= 15 is 0 Å². The van der Waals surface area contributed by atoms with Crippen LogP contribution in [-0.4, -0.2) is 61.8 Å². The fourth-order valence-electron chi connectivity index (χ4n) is 4.88. The second-order valence-corrected chi connectivity index (χ2v) is 8.78. The summed E-state index contributed by atoms with van der Waals surface area (Å²) in [5.74, 6) is -1.04. The molecule has 0 saturated carbocycles. The van der Waals surface area contributed by atoms with Crippen molar-refractivity contribution in [1.82, 2.24) is 24.3 Å². The molecule has 34 heavy (non-hydrogen) atoms. The van der Waals surface area contributed by atoms with Gasteiger partial charge in [0, 0.05) is 37.9 Å². The summed E-state index contributed by atoms with van der Waals surface area (Å²) in [4.78, 5) is 58.4. The van der Waals surface area contributed by atoms with Gasteiger partial charge in [0.25, 0.3) is 11.4 Å². The highest BCUT2D eigenvalue weighted by molar-refractivity contribution is 5.79. The minimum Gasteiger partial charge on any atom is -0.444 e. The molecule has 2 fully saturated rings. The van der Waals surface area contributed by atoms with Gasteiger partial charge in [0.05, 0.1) is 12.1 Å². The van der Waals surface area contributed by atoms with Crippen LogP contribution >= 0.6 is 0 Å². The van der Waals surface area contributed by atoms with E-state index in [1.807, 2.05) is 0 Å². The van der Waals surface area contributed by atoms with Gasteiger partial charge in [0.15, 0.2) is 0 Å². The maximum atomic E-state index is 13.0. The topological polar surface area (TPSA) is 122 Å². The fourth-order valence-corrected chi connectivity index (χ4v) is 4.88. The van der Waals surface area contributed by atoms with Gasteiger partial charge in [-0.15, -0.1) is 0 Å². The van der Waals surface area contributed by atoms with Crippen LogP contribution in [0.1, 0.15) is 50.1 Å². The van der Waals surface area contributed by atoms with E-state index in [0.717, 1.165) is 42.9 Å². The molecular formula is C22H27F2N5O5. The highest BCUT2D eigenvalue weighted by Gasteiger charge is 2.36. The Kier molecular flexibility index (Phi) is 7.23. The number of carbonyl (C=O) groups is 2. The van der Waals surface area contributed by atoms with Crippen LogP contribution in [0, 0.1) is 5.92 Å². The molecule has 2 amide bonds. The van der Waals surface area contributed by atoms with Crippen LogP contribution < -0.4 is 11.2 Å². The van der Waals surface area contributed by atoms with Gasteiger partial charge in [-0.05, 0) is 38.0 Å². The van der Waals surface area contributed by atoms with Crippen molar-refractivity contribution in [3.05, 3.63) is 50.9 Å². The zero-order valence-corrected chi connectivity index (χ0v) is 18.6. The number of hydrogen-bond acceptors (Lipinski definition) is 6. The highest BCUT2D eigenvalue weighted by Crippen LogP contribution is 2.30. The maximum Gasteiger partial charge on any atom is 0.328 e. The number of halogens is 2. The van der Waals surface area contributed by atoms with Crippen molar-refractivity contribution in [1.29, 1.82) is 0 Å². The Morgan fingerprint density at radius 1 is 1.15 bits per heavy atom. The number of nitrogens with zero attached hydrogens (tertiary/aromatic N) is 4. The van der Waals surface area contributed by atoms with E-state index in [2.05, 4.69) is 9.97 Å². The lowest BCUT2D eigenvalue weighted by atomic mass is 9.84. The molecule has 0 aliphatic carbocycles. The number of nitrogens with one attached hydrogen (secondary N) is 1. The SMILES string of the molecule is O=C(Cn1ccc(=O)[nH]c1=O)N1CCCC(C2CCCCN2C(=O)Cc2coc(C(F)F)n2)C1. The molecule has 0 radical (unpaired) electrons. The summed E-state index contributed by atoms with van der Waals surface area (Å²) < 4.78 is 31.4. The molecule has 0 spiro atoms. The predicted molar refractivity (Wildman–Crippen MR) is 115 cm³/mol. The molecule has 10 nitrogen and oxygen atoms in total. The Morgan fingerprint density at radius 3 is 2.71 bits per heavy atom. The third-order valence-corrected chi connectivity index (χ3v) is 6.52. The van der Waals surface area contributed by atoms with Crippen LogP contribution in [-0.2, 0) is 22.6 Å². The van der Waals surface area contributed by atoms with Gasteiger partial charge in [-0.25, -0.2) is 9.78 Å². The fraction of sp³-hybridized carbons (Fsp3) is 0.591. The molecule has 4 rings (SSSR count). The van der Waals surface area contributed by atoms with Crippen molar-refractivity contribution in [2.45, 2.75) is 57.5 Å². The monoisotopic (exact) mass is 479 g/mol. The normalized spacial score (nSPS) is 21.1. The van der Waals surface area contributed by atoms with Gasteiger partial charge >= 0.3 is 12.1 Å². The Bertz CT molecular complexity index is 1140. The average molecular weight is 479 g/mol. The van der Waals surface area contributed by atoms with E-state index in [-0.39, 0.29) is 42.4 Å². The first-order valence-electron chi connectivity index (χ1n) is 11.4. The van der Waals surface area contributed by atoms with Crippen LogP contribution in [0.4, 0.5) is 8.78 Å². The zero-order valence-electron chi connectivity index (χ0n) is 18.6. The van der Waals surface area contributed by atoms with Crippen molar-refractivity contribution in [3.8, 4) is 0 Å². The zero-order chi connectivity index (χ0) is 24.2. The summed E-state index contributed by atoms with van der Waals surface area (Å²) in [5, 5.41) is 0. The number of oxazole rings is 1. The molecular weight excluding hydrogens is 452 g/mol. The number of H-pyrrole nitrogens is 1. The molecule has 4 heterocycles. The van der Waals surface area contributed by atoms with Gasteiger partial charge < -0.3 is 14.2 Å². The first-order chi connectivity index (χ1) is 16.3. The molecule has 0 aromatic carbocycles. The molecule has 2 unspecified atom stereocenters. The summed E-state index contributed by atoms with van der Waals surface area (Å²) in [6.07, 6.45) is 3.70. The number of piperidine rings is 2. The van der Waals surface area contributed by atoms with Crippen molar-refractivity contribution in [2.24, 2.45) is 5.92 Å². The van der Waals surface area contributed by atoms with Crippen LogP contribution in [0.5, 0.6) is 0 Å². The number of aromatic amines is 1. The molecule has 12 heteroatoms. The molecule has 1 N–H and O–H groups in total. The molecule has 2 aromatic heterocycles. The Morgan fingerprint density at radius 2 is 1.97 bits per heavy atom. The van der Waals surface area contributed by atoms with Crippen molar-refractivity contribution < 1.29 is 22.8 Å². The van der Waals surface area contributed by atoms with Crippen LogP contribution in [0.3, 0.4) is 0 Å². The quantitative estimate of drug-likeness (QED) is 0.667. The molecule has 2 saturated heterocycles. The third-order valence-electron chi connectivity index (χ3n) is 6.52. The summed E-state index contributed by atoms with van der Waals surface area (Å²) in [7, 11) is 0. The van der Waals surface area contributed by atoms with E-state index in [4.69, 9.17) is 4.42 Å². The Hall–Kier alpha value is -3.31. The van der Waals surface area contributed by atoms with Gasteiger partial charge in [0.2, 0.25) is 11.8 Å². The van der Waals surface area contributed by atoms with Crippen LogP contribution in [0.2, 0.25) is 0 Å². The summed E-state index contributed by atoms with van der Waals surface area (Å²) in [6.45, 7) is 1.42. The minimum atomic E-state index is -2.83. The number of alkyl halides is 2. The van der Waals surface area contributed by atoms with Crippen molar-refractivity contribution in [2.75, 3.05) is 19.6 Å². The molecule has 184 valence electrons. The largest absolute Gasteiger partial charge is 0.444 e. The second-order valence-electron chi connectivity index (χ2n) is 8.78. The minimum absolute atomic E-state index is 0.0610. The van der Waals surface area contributed by atoms with E-state index in [0.29, 0.717) is 19.6 Å². The number of amides is 2. The second kappa shape index (κ2) is 10.3. The van der Waals surface area contributed by atoms with E-state index in [9.17, 15) is 28.0 Å². The Labute approximate surface area is 193 Å². The summed E-state index contributed by atoms with van der Waals surface area (Å²) in [5.41, 5.74) is -0.984. The first-order valence-corrected chi connectivity index (χ1v) is 11.4. The molecule has 2 aliphatic heterocycles. The van der Waals surface area contributed by atoms with E-state index < -0.39 is 23.6 Å². The van der Waals surface area contributed by atoms with E-state index in [1.165, 1.54) is 12.3 Å². The lowest BCUT2D eigenvalue weighted by Crippen LogP contribution is -2.53. The number of rotatable bonds is 6. The summed E-state index contributed by atoms with van der Waals surface area (Å²) >= 11 is 0.